The predicted molar refractivity (Wildman–Crippen MR) is 88.6 cm³/mol. The molecule has 1 heterocycles. The summed E-state index contributed by atoms with van der Waals surface area (Å²) in [5.74, 6) is -0.0863. The van der Waals surface area contributed by atoms with Crippen molar-refractivity contribution in [1.82, 2.24) is 4.90 Å². The van der Waals surface area contributed by atoms with Gasteiger partial charge in [-0.1, -0.05) is 52.4 Å². The Morgan fingerprint density at radius 3 is 2.41 bits per heavy atom. The van der Waals surface area contributed by atoms with E-state index in [0.29, 0.717) is 19.6 Å². The van der Waals surface area contributed by atoms with Crippen molar-refractivity contribution in [3.05, 3.63) is 0 Å². The van der Waals surface area contributed by atoms with E-state index in [-0.39, 0.29) is 17.9 Å². The average molecular weight is 311 g/mol. The second-order valence-electron chi connectivity index (χ2n) is 6.28. The zero-order valence-corrected chi connectivity index (χ0v) is 14.4. The minimum absolute atomic E-state index is 0.112. The second kappa shape index (κ2) is 11.5. The highest BCUT2D eigenvalue weighted by Gasteiger charge is 2.34. The molecule has 1 rings (SSSR count). The molecule has 22 heavy (non-hydrogen) atoms. The normalized spacial score (nSPS) is 17.7. The third kappa shape index (κ3) is 6.80. The third-order valence-corrected chi connectivity index (χ3v) is 4.33. The Kier molecular flexibility index (Phi) is 9.93. The fourth-order valence-corrected chi connectivity index (χ4v) is 2.93. The summed E-state index contributed by atoms with van der Waals surface area (Å²) >= 11 is 0. The number of rotatable bonds is 11. The van der Waals surface area contributed by atoms with Crippen LogP contribution in [0.5, 0.6) is 0 Å². The van der Waals surface area contributed by atoms with E-state index in [1.54, 1.807) is 4.90 Å². The Morgan fingerprint density at radius 2 is 1.68 bits per heavy atom. The van der Waals surface area contributed by atoms with Crippen LogP contribution in [0.15, 0.2) is 0 Å². The molecule has 0 aromatic heterocycles. The van der Waals surface area contributed by atoms with E-state index in [2.05, 4.69) is 13.8 Å². The molecule has 128 valence electrons. The van der Waals surface area contributed by atoms with Crippen LogP contribution >= 0.6 is 0 Å². The molecule has 4 nitrogen and oxygen atoms in total. The van der Waals surface area contributed by atoms with Crippen LogP contribution in [-0.4, -0.2) is 36.0 Å². The minimum atomic E-state index is -0.329. The topological polar surface area (TPSA) is 46.6 Å². The van der Waals surface area contributed by atoms with Gasteiger partial charge in [-0.3, -0.25) is 4.79 Å². The summed E-state index contributed by atoms with van der Waals surface area (Å²) in [4.78, 5) is 26.0. The van der Waals surface area contributed by atoms with Crippen molar-refractivity contribution in [3.8, 4) is 0 Å². The smallest absolute Gasteiger partial charge is 0.328 e. The SMILES string of the molecule is CCCCCCCCOC(=O)C1CCCN1C(=O)CCCC. The van der Waals surface area contributed by atoms with Crippen molar-refractivity contribution < 1.29 is 14.3 Å². The molecule has 1 unspecified atom stereocenters. The Morgan fingerprint density at radius 1 is 1.00 bits per heavy atom. The van der Waals surface area contributed by atoms with E-state index in [1.807, 2.05) is 0 Å². The molecule has 0 aromatic carbocycles. The molecule has 1 atom stereocenters. The highest BCUT2D eigenvalue weighted by atomic mass is 16.5. The van der Waals surface area contributed by atoms with Crippen molar-refractivity contribution in [2.45, 2.75) is 90.5 Å². The summed E-state index contributed by atoms with van der Waals surface area (Å²) in [5, 5.41) is 0. The Labute approximate surface area is 135 Å². The largest absolute Gasteiger partial charge is 0.464 e. The molecule has 0 radical (unpaired) electrons. The van der Waals surface area contributed by atoms with Gasteiger partial charge in [-0.25, -0.2) is 4.79 Å². The first-order valence-corrected chi connectivity index (χ1v) is 9.16. The zero-order chi connectivity index (χ0) is 16.2. The number of esters is 1. The molecule has 1 fully saturated rings. The maximum absolute atomic E-state index is 12.2. The first kappa shape index (κ1) is 19.0. The van der Waals surface area contributed by atoms with Gasteiger partial charge in [0.2, 0.25) is 5.91 Å². The third-order valence-electron chi connectivity index (χ3n) is 4.33. The van der Waals surface area contributed by atoms with Crippen LogP contribution in [0, 0.1) is 0 Å². The number of amides is 1. The molecular formula is C18H33NO3. The first-order valence-electron chi connectivity index (χ1n) is 9.16. The predicted octanol–water partition coefficient (Wildman–Crippen LogP) is 4.07. The van der Waals surface area contributed by atoms with Gasteiger partial charge in [0.1, 0.15) is 6.04 Å². The fraction of sp³-hybridized carbons (Fsp3) is 0.889. The number of likely N-dealkylation sites (tertiary alicyclic amines) is 1. The number of unbranched alkanes of at least 4 members (excludes halogenated alkanes) is 6. The summed E-state index contributed by atoms with van der Waals surface area (Å²) in [5.41, 5.74) is 0. The number of nitrogens with zero attached hydrogens (tertiary/aromatic N) is 1. The lowest BCUT2D eigenvalue weighted by molar-refractivity contribution is -0.153. The number of hydrogen-bond donors (Lipinski definition) is 0. The minimum Gasteiger partial charge on any atom is -0.464 e. The van der Waals surface area contributed by atoms with Gasteiger partial charge in [0.25, 0.3) is 0 Å². The molecule has 0 spiro atoms. The van der Waals surface area contributed by atoms with Crippen LogP contribution in [0.4, 0.5) is 0 Å². The molecule has 1 saturated heterocycles. The van der Waals surface area contributed by atoms with Crippen LogP contribution in [0.2, 0.25) is 0 Å². The molecule has 0 bridgehead atoms. The maximum atomic E-state index is 12.2. The molecule has 0 aromatic rings. The number of carbonyl (C=O) groups is 2. The Balaban J connectivity index is 2.21. The van der Waals surface area contributed by atoms with Crippen molar-refractivity contribution >= 4 is 11.9 Å². The van der Waals surface area contributed by atoms with Gasteiger partial charge in [-0.05, 0) is 25.7 Å². The molecular weight excluding hydrogens is 278 g/mol. The Hall–Kier alpha value is -1.06. The van der Waals surface area contributed by atoms with E-state index >= 15 is 0 Å². The van der Waals surface area contributed by atoms with Gasteiger partial charge in [0.05, 0.1) is 6.61 Å². The Bertz CT molecular complexity index is 330. The summed E-state index contributed by atoms with van der Waals surface area (Å²) in [6, 6.07) is -0.329. The van der Waals surface area contributed by atoms with Crippen molar-refractivity contribution in [3.63, 3.8) is 0 Å². The van der Waals surface area contributed by atoms with Gasteiger partial charge in [0, 0.05) is 13.0 Å². The highest BCUT2D eigenvalue weighted by molar-refractivity contribution is 5.85. The van der Waals surface area contributed by atoms with Gasteiger partial charge < -0.3 is 9.64 Å². The van der Waals surface area contributed by atoms with Crippen LogP contribution in [0.3, 0.4) is 0 Å². The van der Waals surface area contributed by atoms with Crippen LogP contribution in [0.1, 0.15) is 84.5 Å². The van der Waals surface area contributed by atoms with Gasteiger partial charge >= 0.3 is 5.97 Å². The number of carbonyl (C=O) groups excluding carboxylic acids is 2. The quantitative estimate of drug-likeness (QED) is 0.427. The van der Waals surface area contributed by atoms with E-state index < -0.39 is 0 Å². The van der Waals surface area contributed by atoms with Crippen LogP contribution in [0.25, 0.3) is 0 Å². The fourth-order valence-electron chi connectivity index (χ4n) is 2.93. The van der Waals surface area contributed by atoms with Crippen LogP contribution < -0.4 is 0 Å². The highest BCUT2D eigenvalue weighted by Crippen LogP contribution is 2.20. The summed E-state index contributed by atoms with van der Waals surface area (Å²) in [6.45, 7) is 5.48. The average Bonchev–Trinajstić information content (AvgIpc) is 3.01. The molecule has 0 saturated carbocycles. The first-order chi connectivity index (χ1) is 10.7. The summed E-state index contributed by atoms with van der Waals surface area (Å²) in [6.07, 6.45) is 11.2. The van der Waals surface area contributed by atoms with Gasteiger partial charge in [-0.2, -0.15) is 0 Å². The number of hydrogen-bond acceptors (Lipinski definition) is 3. The lowest BCUT2D eigenvalue weighted by atomic mass is 10.1. The second-order valence-corrected chi connectivity index (χ2v) is 6.28. The molecule has 0 aliphatic carbocycles. The summed E-state index contributed by atoms with van der Waals surface area (Å²) in [7, 11) is 0. The standard InChI is InChI=1S/C18H33NO3/c1-3-5-7-8-9-10-15-22-18(21)16-12-11-14-19(16)17(20)13-6-4-2/h16H,3-15H2,1-2H3. The maximum Gasteiger partial charge on any atom is 0.328 e. The lowest BCUT2D eigenvalue weighted by Crippen LogP contribution is -2.41. The molecule has 1 aliphatic heterocycles. The molecule has 1 aliphatic rings. The number of ether oxygens (including phenoxy) is 1. The monoisotopic (exact) mass is 311 g/mol. The van der Waals surface area contributed by atoms with Crippen molar-refractivity contribution in [1.29, 1.82) is 0 Å². The van der Waals surface area contributed by atoms with Gasteiger partial charge in [-0.15, -0.1) is 0 Å². The molecule has 1 amide bonds. The van der Waals surface area contributed by atoms with E-state index in [1.165, 1.54) is 25.7 Å². The van der Waals surface area contributed by atoms with E-state index in [4.69, 9.17) is 4.74 Å². The van der Waals surface area contributed by atoms with Gasteiger partial charge in [0.15, 0.2) is 0 Å². The lowest BCUT2D eigenvalue weighted by Gasteiger charge is -2.23. The van der Waals surface area contributed by atoms with E-state index in [9.17, 15) is 9.59 Å². The molecule has 0 N–H and O–H groups in total. The van der Waals surface area contributed by atoms with Crippen molar-refractivity contribution in [2.24, 2.45) is 0 Å². The zero-order valence-electron chi connectivity index (χ0n) is 14.4. The van der Waals surface area contributed by atoms with Crippen LogP contribution in [-0.2, 0) is 14.3 Å². The summed E-state index contributed by atoms with van der Waals surface area (Å²) < 4.78 is 5.38. The van der Waals surface area contributed by atoms with E-state index in [0.717, 1.165) is 38.5 Å². The van der Waals surface area contributed by atoms with Crippen molar-refractivity contribution in [2.75, 3.05) is 13.2 Å². The molecule has 4 heteroatoms.